The molecule has 3 aromatic carbocycles. The molecular formula is C30H42N4O6. The van der Waals surface area contributed by atoms with Crippen molar-refractivity contribution in [3.63, 3.8) is 0 Å². The Morgan fingerprint density at radius 2 is 0.825 bits per heavy atom. The lowest BCUT2D eigenvalue weighted by atomic mass is 10.2. The summed E-state index contributed by atoms with van der Waals surface area (Å²) in [5.74, 6) is 1.85. The number of aromatic hydroxyl groups is 3. The Morgan fingerprint density at radius 3 is 1.10 bits per heavy atom. The zero-order chi connectivity index (χ0) is 28.7. The first-order valence-electron chi connectivity index (χ1n) is 13.4. The second-order valence-electron chi connectivity index (χ2n) is 9.28. The number of hydrogen-bond acceptors (Lipinski definition) is 10. The van der Waals surface area contributed by atoms with Gasteiger partial charge in [-0.15, -0.1) is 0 Å². The first-order valence-corrected chi connectivity index (χ1v) is 13.4. The van der Waals surface area contributed by atoms with E-state index >= 15 is 0 Å². The van der Waals surface area contributed by atoms with Gasteiger partial charge in [-0.2, -0.15) is 0 Å². The minimum Gasteiger partial charge on any atom is -0.504 e. The molecule has 0 heterocycles. The lowest BCUT2D eigenvalue weighted by molar-refractivity contribution is 0.270. The number of benzene rings is 3. The highest BCUT2D eigenvalue weighted by molar-refractivity contribution is 5.46. The normalized spacial score (nSPS) is 11.1. The molecule has 0 spiro atoms. The van der Waals surface area contributed by atoms with Gasteiger partial charge < -0.3 is 45.5 Å². The molecular weight excluding hydrogens is 512 g/mol. The van der Waals surface area contributed by atoms with Gasteiger partial charge in [0.15, 0.2) is 34.5 Å². The Balaban J connectivity index is 1.50. The third-order valence-corrected chi connectivity index (χ3v) is 6.67. The summed E-state index contributed by atoms with van der Waals surface area (Å²) in [6.07, 6.45) is 0. The molecule has 0 aliphatic carbocycles. The van der Waals surface area contributed by atoms with Gasteiger partial charge in [0.2, 0.25) is 0 Å². The number of methoxy groups -OCH3 is 3. The van der Waals surface area contributed by atoms with Gasteiger partial charge in [-0.1, -0.05) is 36.4 Å². The number of nitrogens with one attached hydrogen (secondary N) is 3. The van der Waals surface area contributed by atoms with E-state index in [9.17, 15) is 15.3 Å². The van der Waals surface area contributed by atoms with E-state index in [1.165, 1.54) is 21.3 Å². The first-order chi connectivity index (χ1) is 19.5. The van der Waals surface area contributed by atoms with Gasteiger partial charge >= 0.3 is 0 Å². The van der Waals surface area contributed by atoms with E-state index < -0.39 is 0 Å². The summed E-state index contributed by atoms with van der Waals surface area (Å²) >= 11 is 0. The van der Waals surface area contributed by atoms with Crippen LogP contribution in [0.4, 0.5) is 0 Å². The molecule has 218 valence electrons. The van der Waals surface area contributed by atoms with E-state index in [1.807, 2.05) is 36.4 Å². The van der Waals surface area contributed by atoms with Crippen molar-refractivity contribution in [3.8, 4) is 34.5 Å². The molecule has 10 nitrogen and oxygen atoms in total. The van der Waals surface area contributed by atoms with Crippen LogP contribution in [-0.2, 0) is 19.6 Å². The minimum atomic E-state index is 0.157. The maximum atomic E-state index is 10.3. The van der Waals surface area contributed by atoms with E-state index in [1.54, 1.807) is 18.2 Å². The summed E-state index contributed by atoms with van der Waals surface area (Å²) in [5.41, 5.74) is 2.35. The van der Waals surface area contributed by atoms with Crippen molar-refractivity contribution in [3.05, 3.63) is 71.3 Å². The van der Waals surface area contributed by atoms with E-state index in [0.29, 0.717) is 36.9 Å². The fourth-order valence-corrected chi connectivity index (χ4v) is 4.34. The molecule has 3 aromatic rings. The predicted molar refractivity (Wildman–Crippen MR) is 156 cm³/mol. The smallest absolute Gasteiger partial charge is 0.162 e. The highest BCUT2D eigenvalue weighted by Gasteiger charge is 2.11. The van der Waals surface area contributed by atoms with Crippen molar-refractivity contribution in [1.82, 2.24) is 20.9 Å². The quantitative estimate of drug-likeness (QED) is 0.131. The lowest BCUT2D eigenvalue weighted by Crippen LogP contribution is -2.40. The summed E-state index contributed by atoms with van der Waals surface area (Å²) in [6, 6.07) is 16.4. The summed E-state index contributed by atoms with van der Waals surface area (Å²) in [7, 11) is 4.62. The Morgan fingerprint density at radius 1 is 0.525 bits per heavy atom. The molecule has 0 saturated heterocycles. The van der Waals surface area contributed by atoms with Crippen molar-refractivity contribution in [2.75, 3.05) is 60.6 Å². The van der Waals surface area contributed by atoms with Crippen molar-refractivity contribution in [2.24, 2.45) is 0 Å². The largest absolute Gasteiger partial charge is 0.504 e. The highest BCUT2D eigenvalue weighted by Crippen LogP contribution is 2.30. The number of rotatable bonds is 18. The van der Waals surface area contributed by atoms with E-state index in [4.69, 9.17) is 14.2 Å². The van der Waals surface area contributed by atoms with Crippen LogP contribution in [0.15, 0.2) is 54.6 Å². The summed E-state index contributed by atoms with van der Waals surface area (Å²) in [5, 5.41) is 41.2. The van der Waals surface area contributed by atoms with Gasteiger partial charge in [0.1, 0.15) is 0 Å². The number of ether oxygens (including phenoxy) is 3. The second kappa shape index (κ2) is 16.4. The van der Waals surface area contributed by atoms with Crippen LogP contribution < -0.4 is 30.2 Å². The van der Waals surface area contributed by atoms with E-state index in [-0.39, 0.29) is 17.2 Å². The van der Waals surface area contributed by atoms with Gasteiger partial charge in [-0.3, -0.25) is 4.90 Å². The van der Waals surface area contributed by atoms with Gasteiger partial charge in [-0.05, 0) is 18.2 Å². The molecule has 0 fully saturated rings. The van der Waals surface area contributed by atoms with Crippen LogP contribution in [0.2, 0.25) is 0 Å². The maximum Gasteiger partial charge on any atom is 0.162 e. The van der Waals surface area contributed by atoms with Crippen LogP contribution in [0.3, 0.4) is 0 Å². The molecule has 0 aliphatic rings. The number of para-hydroxylation sites is 3. The molecule has 0 amide bonds. The van der Waals surface area contributed by atoms with Crippen LogP contribution in [0.1, 0.15) is 16.7 Å². The van der Waals surface area contributed by atoms with Crippen molar-refractivity contribution >= 4 is 0 Å². The average molecular weight is 555 g/mol. The van der Waals surface area contributed by atoms with Gasteiger partial charge in [-0.25, -0.2) is 0 Å². The van der Waals surface area contributed by atoms with Gasteiger partial charge in [0, 0.05) is 75.6 Å². The molecule has 3 rings (SSSR count). The Kier molecular flexibility index (Phi) is 12.7. The molecule has 0 radical (unpaired) electrons. The average Bonchev–Trinajstić information content (AvgIpc) is 2.97. The monoisotopic (exact) mass is 554 g/mol. The number of phenols is 3. The SMILES string of the molecule is COc1cccc(CNCCN(CCNCc2cccc(OC)c2O)CCNCc2cccc(OC)c2O)c1O. The maximum absolute atomic E-state index is 10.3. The molecule has 0 saturated carbocycles. The zero-order valence-corrected chi connectivity index (χ0v) is 23.6. The fourth-order valence-electron chi connectivity index (χ4n) is 4.34. The number of hydrogen-bond donors (Lipinski definition) is 6. The van der Waals surface area contributed by atoms with E-state index in [0.717, 1.165) is 56.0 Å². The standard InChI is InChI=1S/C30H42N4O6/c1-38-25-10-4-7-22(28(25)35)19-31-13-16-34(17-14-32-20-23-8-5-11-26(39-2)29(23)36)18-15-33-21-24-9-6-12-27(40-3)30(24)37/h4-12,31-33,35-37H,13-21H2,1-3H3. The third-order valence-electron chi connectivity index (χ3n) is 6.67. The Hall–Kier alpha value is -3.70. The fraction of sp³-hybridized carbons (Fsp3) is 0.400. The molecule has 6 N–H and O–H groups in total. The zero-order valence-electron chi connectivity index (χ0n) is 23.6. The molecule has 0 bridgehead atoms. The topological polar surface area (TPSA) is 128 Å². The first kappa shape index (κ1) is 30.8. The van der Waals surface area contributed by atoms with Gasteiger partial charge in [0.25, 0.3) is 0 Å². The van der Waals surface area contributed by atoms with E-state index in [2.05, 4.69) is 20.9 Å². The highest BCUT2D eigenvalue weighted by atomic mass is 16.5. The minimum absolute atomic E-state index is 0.157. The van der Waals surface area contributed by atoms with Crippen LogP contribution in [-0.4, -0.2) is 80.8 Å². The molecule has 0 aliphatic heterocycles. The number of phenolic OH excluding ortho intramolecular Hbond substituents is 3. The Bertz CT molecular complexity index is 1050. The lowest BCUT2D eigenvalue weighted by Gasteiger charge is -2.23. The number of nitrogens with zero attached hydrogens (tertiary/aromatic N) is 1. The molecule has 40 heavy (non-hydrogen) atoms. The van der Waals surface area contributed by atoms with Crippen LogP contribution in [0.25, 0.3) is 0 Å². The van der Waals surface area contributed by atoms with Crippen LogP contribution >= 0.6 is 0 Å². The molecule has 0 aromatic heterocycles. The van der Waals surface area contributed by atoms with Crippen molar-refractivity contribution < 1.29 is 29.5 Å². The van der Waals surface area contributed by atoms with Crippen molar-refractivity contribution in [1.29, 1.82) is 0 Å². The van der Waals surface area contributed by atoms with Crippen LogP contribution in [0.5, 0.6) is 34.5 Å². The summed E-state index contributed by atoms with van der Waals surface area (Å²) in [6.45, 7) is 6.14. The van der Waals surface area contributed by atoms with Gasteiger partial charge in [0.05, 0.1) is 21.3 Å². The molecule has 0 atom stereocenters. The van der Waals surface area contributed by atoms with Crippen molar-refractivity contribution in [2.45, 2.75) is 19.6 Å². The predicted octanol–water partition coefficient (Wildman–Crippen LogP) is 2.80. The summed E-state index contributed by atoms with van der Waals surface area (Å²) < 4.78 is 15.6. The Labute approximate surface area is 236 Å². The third kappa shape index (κ3) is 8.92. The second-order valence-corrected chi connectivity index (χ2v) is 9.28. The summed E-state index contributed by atoms with van der Waals surface area (Å²) in [4.78, 5) is 2.33. The van der Waals surface area contributed by atoms with Crippen LogP contribution in [0, 0.1) is 0 Å². The molecule has 0 unspecified atom stereocenters. The molecule has 10 heteroatoms.